The minimum atomic E-state index is -5.25. The lowest BCUT2D eigenvalue weighted by Crippen LogP contribution is -2.26. The highest BCUT2D eigenvalue weighted by Crippen LogP contribution is 2.31. The standard InChI is InChI=1S/C8H4F6N4/c9-7(10,11)5(17)3(1-15)4(2-16)6(18)8(12,13)14/h17-18H2. The summed E-state index contributed by atoms with van der Waals surface area (Å²) in [6.07, 6.45) is -10.5. The molecule has 0 saturated carbocycles. The normalized spacial score (nSPS) is 15.1. The van der Waals surface area contributed by atoms with Gasteiger partial charge in [0.2, 0.25) is 0 Å². The van der Waals surface area contributed by atoms with E-state index in [1.807, 2.05) is 0 Å². The number of halogens is 6. The summed E-state index contributed by atoms with van der Waals surface area (Å²) in [6.45, 7) is 0. The fourth-order valence-electron chi connectivity index (χ4n) is 0.785. The second-order valence-electron chi connectivity index (χ2n) is 2.80. The zero-order chi connectivity index (χ0) is 14.7. The molecule has 4 N–H and O–H groups in total. The Morgan fingerprint density at radius 3 is 1.06 bits per heavy atom. The number of nitriles is 2. The average molecular weight is 270 g/mol. The van der Waals surface area contributed by atoms with Crippen molar-refractivity contribution >= 4 is 0 Å². The molecule has 0 rings (SSSR count). The molecule has 98 valence electrons. The highest BCUT2D eigenvalue weighted by atomic mass is 19.4. The van der Waals surface area contributed by atoms with Crippen LogP contribution in [0.2, 0.25) is 0 Å². The first-order chi connectivity index (χ1) is 7.96. The third-order valence-electron chi connectivity index (χ3n) is 1.62. The Morgan fingerprint density at radius 2 is 0.944 bits per heavy atom. The molecule has 0 bridgehead atoms. The first kappa shape index (κ1) is 15.6. The lowest BCUT2D eigenvalue weighted by Gasteiger charge is -2.12. The smallest absolute Gasteiger partial charge is 0.394 e. The van der Waals surface area contributed by atoms with Crippen molar-refractivity contribution in [3.8, 4) is 12.1 Å². The summed E-state index contributed by atoms with van der Waals surface area (Å²) < 4.78 is 72.9. The van der Waals surface area contributed by atoms with Crippen LogP contribution in [0.15, 0.2) is 22.5 Å². The first-order valence-electron chi connectivity index (χ1n) is 3.91. The van der Waals surface area contributed by atoms with Gasteiger partial charge >= 0.3 is 12.4 Å². The summed E-state index contributed by atoms with van der Waals surface area (Å²) in [5.74, 6) is 0. The van der Waals surface area contributed by atoms with Crippen LogP contribution >= 0.6 is 0 Å². The number of allylic oxidation sites excluding steroid dienone is 4. The molecule has 0 spiro atoms. The van der Waals surface area contributed by atoms with Crippen LogP contribution in [-0.4, -0.2) is 12.4 Å². The quantitative estimate of drug-likeness (QED) is 0.429. The monoisotopic (exact) mass is 270 g/mol. The van der Waals surface area contributed by atoms with Gasteiger partial charge in [0.05, 0.1) is 11.1 Å². The summed E-state index contributed by atoms with van der Waals surface area (Å²) >= 11 is 0. The molecule has 10 heteroatoms. The minimum absolute atomic E-state index is 0.787. The Kier molecular flexibility index (Phi) is 4.23. The van der Waals surface area contributed by atoms with E-state index >= 15 is 0 Å². The van der Waals surface area contributed by atoms with Gasteiger partial charge in [0.25, 0.3) is 0 Å². The zero-order valence-electron chi connectivity index (χ0n) is 8.32. The van der Waals surface area contributed by atoms with Crippen molar-refractivity contribution in [2.24, 2.45) is 11.5 Å². The Morgan fingerprint density at radius 1 is 0.722 bits per heavy atom. The van der Waals surface area contributed by atoms with Crippen LogP contribution in [-0.2, 0) is 0 Å². The van der Waals surface area contributed by atoms with Gasteiger partial charge in [-0.2, -0.15) is 36.9 Å². The largest absolute Gasteiger partial charge is 0.432 e. The molecule has 18 heavy (non-hydrogen) atoms. The van der Waals surface area contributed by atoms with Gasteiger partial charge in [-0.1, -0.05) is 0 Å². The number of nitrogens with zero attached hydrogens (tertiary/aromatic N) is 2. The third kappa shape index (κ3) is 3.31. The Hall–Kier alpha value is -2.36. The molecule has 0 aromatic carbocycles. The van der Waals surface area contributed by atoms with Crippen molar-refractivity contribution in [2.45, 2.75) is 12.4 Å². The maximum Gasteiger partial charge on any atom is 0.432 e. The van der Waals surface area contributed by atoms with Crippen LogP contribution in [0, 0.1) is 22.7 Å². The molecule has 0 fully saturated rings. The van der Waals surface area contributed by atoms with Gasteiger partial charge < -0.3 is 11.5 Å². The van der Waals surface area contributed by atoms with E-state index in [1.165, 1.54) is 0 Å². The van der Waals surface area contributed by atoms with Crippen molar-refractivity contribution in [1.82, 2.24) is 0 Å². The maximum absolute atomic E-state index is 12.2. The number of hydrogen-bond acceptors (Lipinski definition) is 4. The van der Waals surface area contributed by atoms with E-state index in [1.54, 1.807) is 0 Å². The van der Waals surface area contributed by atoms with Crippen molar-refractivity contribution in [3.63, 3.8) is 0 Å². The predicted molar refractivity (Wildman–Crippen MR) is 45.8 cm³/mol. The second-order valence-corrected chi connectivity index (χ2v) is 2.80. The highest BCUT2D eigenvalue weighted by molar-refractivity contribution is 5.55. The molecule has 0 aromatic heterocycles. The van der Waals surface area contributed by atoms with Gasteiger partial charge in [0.1, 0.15) is 23.5 Å². The fourth-order valence-corrected chi connectivity index (χ4v) is 0.785. The number of rotatable bonds is 1. The molecule has 0 amide bonds. The van der Waals surface area contributed by atoms with Crippen LogP contribution in [0.1, 0.15) is 0 Å². The van der Waals surface area contributed by atoms with Crippen LogP contribution in [0.5, 0.6) is 0 Å². The summed E-state index contributed by atoms with van der Waals surface area (Å²) in [7, 11) is 0. The lowest BCUT2D eigenvalue weighted by molar-refractivity contribution is -0.0956. The Labute approximate surface area is 96.4 Å². The summed E-state index contributed by atoms with van der Waals surface area (Å²) in [6, 6.07) is 1.57. The van der Waals surface area contributed by atoms with Gasteiger partial charge in [0.15, 0.2) is 0 Å². The number of hydrogen-bond donors (Lipinski definition) is 2. The lowest BCUT2D eigenvalue weighted by atomic mass is 10.0. The molecule has 0 saturated heterocycles. The summed E-state index contributed by atoms with van der Waals surface area (Å²) in [4.78, 5) is 0. The van der Waals surface area contributed by atoms with Gasteiger partial charge in [-0.25, -0.2) is 0 Å². The third-order valence-corrected chi connectivity index (χ3v) is 1.62. The fraction of sp³-hybridized carbons (Fsp3) is 0.250. The molecular formula is C8H4F6N4. The van der Waals surface area contributed by atoms with Crippen molar-refractivity contribution < 1.29 is 26.3 Å². The van der Waals surface area contributed by atoms with E-state index in [-0.39, 0.29) is 0 Å². The van der Waals surface area contributed by atoms with Gasteiger partial charge in [-0.05, 0) is 0 Å². The van der Waals surface area contributed by atoms with Gasteiger partial charge in [0, 0.05) is 0 Å². The molecule has 0 aromatic rings. The topological polar surface area (TPSA) is 99.6 Å². The molecule has 0 heterocycles. The molecule has 4 nitrogen and oxygen atoms in total. The Balaban J connectivity index is 6.19. The number of nitrogens with two attached hydrogens (primary N) is 2. The SMILES string of the molecule is N#CC(C(C#N)=C(N)C(F)(F)F)=C(N)C(F)(F)F. The summed E-state index contributed by atoms with van der Waals surface area (Å²) in [5, 5.41) is 16.8. The van der Waals surface area contributed by atoms with E-state index in [0.717, 1.165) is 12.1 Å². The predicted octanol–water partition coefficient (Wildman–Crippen LogP) is 1.58. The molecule has 0 atom stereocenters. The maximum atomic E-state index is 12.2. The average Bonchev–Trinajstić information content (AvgIpc) is 2.21. The molecule has 0 aliphatic rings. The minimum Gasteiger partial charge on any atom is -0.394 e. The van der Waals surface area contributed by atoms with Crippen molar-refractivity contribution in [1.29, 1.82) is 10.5 Å². The van der Waals surface area contributed by atoms with Crippen molar-refractivity contribution in [2.75, 3.05) is 0 Å². The Bertz CT molecular complexity index is 436. The number of alkyl halides is 6. The van der Waals surface area contributed by atoms with E-state index in [9.17, 15) is 26.3 Å². The van der Waals surface area contributed by atoms with Crippen LogP contribution in [0.25, 0.3) is 0 Å². The molecule has 0 aliphatic carbocycles. The van der Waals surface area contributed by atoms with E-state index in [2.05, 4.69) is 11.5 Å². The second kappa shape index (κ2) is 4.87. The highest BCUT2D eigenvalue weighted by Gasteiger charge is 2.40. The van der Waals surface area contributed by atoms with E-state index in [4.69, 9.17) is 10.5 Å². The van der Waals surface area contributed by atoms with Gasteiger partial charge in [-0.3, -0.25) is 0 Å². The molecular weight excluding hydrogens is 266 g/mol. The first-order valence-corrected chi connectivity index (χ1v) is 3.91. The molecule has 0 aliphatic heterocycles. The van der Waals surface area contributed by atoms with Crippen LogP contribution in [0.4, 0.5) is 26.3 Å². The zero-order valence-corrected chi connectivity index (χ0v) is 8.32. The van der Waals surface area contributed by atoms with Crippen LogP contribution < -0.4 is 11.5 Å². The molecule has 0 radical (unpaired) electrons. The van der Waals surface area contributed by atoms with Gasteiger partial charge in [-0.15, -0.1) is 0 Å². The molecule has 0 unspecified atom stereocenters. The van der Waals surface area contributed by atoms with E-state index in [0.29, 0.717) is 0 Å². The summed E-state index contributed by atoms with van der Waals surface area (Å²) in [5.41, 5.74) is 1.41. The van der Waals surface area contributed by atoms with E-state index < -0.39 is 34.9 Å². The van der Waals surface area contributed by atoms with Crippen molar-refractivity contribution in [3.05, 3.63) is 22.5 Å². The van der Waals surface area contributed by atoms with Crippen LogP contribution in [0.3, 0.4) is 0 Å².